The first-order valence-electron chi connectivity index (χ1n) is 6.99. The molecule has 0 N–H and O–H groups in total. The maximum absolute atomic E-state index is 12.4. The van der Waals surface area contributed by atoms with Gasteiger partial charge in [0.25, 0.3) is 0 Å². The second-order valence-corrected chi connectivity index (χ2v) is 5.89. The third-order valence-electron chi connectivity index (χ3n) is 3.97. The molecule has 0 unspecified atom stereocenters. The Morgan fingerprint density at radius 2 is 1.80 bits per heavy atom. The molecule has 2 aliphatic rings. The molecule has 6 heteroatoms. The van der Waals surface area contributed by atoms with Crippen LogP contribution in [0, 0.1) is 12.3 Å². The molecule has 0 bridgehead atoms. The minimum atomic E-state index is -0.303. The Labute approximate surface area is 118 Å². The van der Waals surface area contributed by atoms with Crippen molar-refractivity contribution in [3.8, 4) is 0 Å². The SMILES string of the molecule is Cc1cnc(N2CCN(C(=O)C3(C)COC3)CC2)nc1. The lowest BCUT2D eigenvalue weighted by Crippen LogP contribution is -2.58. The molecule has 1 amide bonds. The molecule has 2 aliphatic heterocycles. The van der Waals surface area contributed by atoms with E-state index in [4.69, 9.17) is 4.74 Å². The van der Waals surface area contributed by atoms with Gasteiger partial charge in [0.2, 0.25) is 11.9 Å². The number of ether oxygens (including phenoxy) is 1. The van der Waals surface area contributed by atoms with Crippen molar-refractivity contribution in [3.05, 3.63) is 18.0 Å². The second kappa shape index (κ2) is 5.01. The normalized spacial score (nSPS) is 21.5. The molecule has 3 heterocycles. The van der Waals surface area contributed by atoms with Crippen molar-refractivity contribution in [2.45, 2.75) is 13.8 Å². The zero-order chi connectivity index (χ0) is 14.2. The van der Waals surface area contributed by atoms with Crippen molar-refractivity contribution in [1.82, 2.24) is 14.9 Å². The molecular weight excluding hydrogens is 256 g/mol. The van der Waals surface area contributed by atoms with E-state index in [1.54, 1.807) is 0 Å². The van der Waals surface area contributed by atoms with E-state index in [1.807, 2.05) is 31.1 Å². The summed E-state index contributed by atoms with van der Waals surface area (Å²) in [5, 5.41) is 0. The number of aryl methyl sites for hydroxylation is 1. The molecule has 0 atom stereocenters. The summed E-state index contributed by atoms with van der Waals surface area (Å²) in [5.41, 5.74) is 0.753. The van der Waals surface area contributed by atoms with Crippen molar-refractivity contribution in [3.63, 3.8) is 0 Å². The molecule has 20 heavy (non-hydrogen) atoms. The highest BCUT2D eigenvalue weighted by Crippen LogP contribution is 2.29. The Morgan fingerprint density at radius 1 is 1.20 bits per heavy atom. The van der Waals surface area contributed by atoms with Crippen molar-refractivity contribution < 1.29 is 9.53 Å². The van der Waals surface area contributed by atoms with Gasteiger partial charge in [0, 0.05) is 38.6 Å². The monoisotopic (exact) mass is 276 g/mol. The summed E-state index contributed by atoms with van der Waals surface area (Å²) in [6.07, 6.45) is 3.65. The molecule has 6 nitrogen and oxygen atoms in total. The highest BCUT2D eigenvalue weighted by molar-refractivity contribution is 5.83. The molecule has 0 spiro atoms. The fourth-order valence-corrected chi connectivity index (χ4v) is 2.57. The van der Waals surface area contributed by atoms with Crippen LogP contribution in [0.4, 0.5) is 5.95 Å². The van der Waals surface area contributed by atoms with E-state index in [9.17, 15) is 4.79 Å². The average Bonchev–Trinajstić information content (AvgIpc) is 2.45. The smallest absolute Gasteiger partial charge is 0.233 e. The number of carbonyl (C=O) groups excluding carboxylic acids is 1. The highest BCUT2D eigenvalue weighted by Gasteiger charge is 2.44. The Morgan fingerprint density at radius 3 is 2.30 bits per heavy atom. The van der Waals surface area contributed by atoms with E-state index >= 15 is 0 Å². The van der Waals surface area contributed by atoms with Crippen LogP contribution in [0.1, 0.15) is 12.5 Å². The average molecular weight is 276 g/mol. The maximum atomic E-state index is 12.4. The topological polar surface area (TPSA) is 58.6 Å². The molecule has 108 valence electrons. The summed E-state index contributed by atoms with van der Waals surface area (Å²) in [6.45, 7) is 8.07. The predicted octanol–water partition coefficient (Wildman–Crippen LogP) is 0.470. The van der Waals surface area contributed by atoms with Gasteiger partial charge >= 0.3 is 0 Å². The number of carbonyl (C=O) groups is 1. The number of rotatable bonds is 2. The number of piperazine rings is 1. The minimum absolute atomic E-state index is 0.216. The molecule has 2 saturated heterocycles. The van der Waals surface area contributed by atoms with Gasteiger partial charge in [-0.25, -0.2) is 9.97 Å². The van der Waals surface area contributed by atoms with Crippen LogP contribution in [0.2, 0.25) is 0 Å². The van der Waals surface area contributed by atoms with Gasteiger partial charge in [0.05, 0.1) is 18.6 Å². The molecule has 0 saturated carbocycles. The first kappa shape index (κ1) is 13.3. The third-order valence-corrected chi connectivity index (χ3v) is 3.97. The lowest BCUT2D eigenvalue weighted by Gasteiger charge is -2.43. The summed E-state index contributed by atoms with van der Waals surface area (Å²) in [6, 6.07) is 0. The molecule has 0 aliphatic carbocycles. The van der Waals surface area contributed by atoms with Gasteiger partial charge in [-0.1, -0.05) is 0 Å². The van der Waals surface area contributed by atoms with Gasteiger partial charge in [-0.05, 0) is 19.4 Å². The predicted molar refractivity (Wildman–Crippen MR) is 74.5 cm³/mol. The standard InChI is InChI=1S/C14H20N4O2/c1-11-7-15-13(16-8-11)18-5-3-17(4-6-18)12(19)14(2)9-20-10-14/h7-8H,3-6,9-10H2,1-2H3. The van der Waals surface area contributed by atoms with Crippen LogP contribution in [0.25, 0.3) is 0 Å². The van der Waals surface area contributed by atoms with Crippen LogP contribution < -0.4 is 4.90 Å². The van der Waals surface area contributed by atoms with Crippen LogP contribution >= 0.6 is 0 Å². The van der Waals surface area contributed by atoms with Crippen LogP contribution in [0.5, 0.6) is 0 Å². The number of hydrogen-bond acceptors (Lipinski definition) is 5. The Balaban J connectivity index is 1.59. The summed E-state index contributed by atoms with van der Waals surface area (Å²) in [4.78, 5) is 25.1. The number of aromatic nitrogens is 2. The van der Waals surface area contributed by atoms with Crippen molar-refractivity contribution in [2.75, 3.05) is 44.3 Å². The van der Waals surface area contributed by atoms with Crippen LogP contribution in [0.3, 0.4) is 0 Å². The van der Waals surface area contributed by atoms with Crippen molar-refractivity contribution in [2.24, 2.45) is 5.41 Å². The Bertz CT molecular complexity index is 490. The Kier molecular flexibility index (Phi) is 3.33. The lowest BCUT2D eigenvalue weighted by atomic mass is 9.86. The molecule has 1 aromatic rings. The third kappa shape index (κ3) is 2.35. The van der Waals surface area contributed by atoms with E-state index in [1.165, 1.54) is 0 Å². The van der Waals surface area contributed by atoms with Gasteiger partial charge in [0.15, 0.2) is 0 Å². The summed E-state index contributed by atoms with van der Waals surface area (Å²) in [7, 11) is 0. The van der Waals surface area contributed by atoms with Crippen molar-refractivity contribution >= 4 is 11.9 Å². The van der Waals surface area contributed by atoms with Gasteiger partial charge in [-0.15, -0.1) is 0 Å². The summed E-state index contributed by atoms with van der Waals surface area (Å²) < 4.78 is 5.17. The molecule has 1 aromatic heterocycles. The van der Waals surface area contributed by atoms with Crippen LogP contribution in [-0.4, -0.2) is 60.2 Å². The molecular formula is C14H20N4O2. The molecule has 2 fully saturated rings. The zero-order valence-electron chi connectivity index (χ0n) is 12.0. The fraction of sp³-hybridized carbons (Fsp3) is 0.643. The zero-order valence-corrected chi connectivity index (χ0v) is 12.0. The molecule has 0 radical (unpaired) electrons. The summed E-state index contributed by atoms with van der Waals surface area (Å²) >= 11 is 0. The summed E-state index contributed by atoms with van der Waals surface area (Å²) in [5.74, 6) is 0.967. The quantitative estimate of drug-likeness (QED) is 0.786. The van der Waals surface area contributed by atoms with Crippen LogP contribution in [0.15, 0.2) is 12.4 Å². The number of hydrogen-bond donors (Lipinski definition) is 0. The number of nitrogens with zero attached hydrogens (tertiary/aromatic N) is 4. The first-order chi connectivity index (χ1) is 9.58. The van der Waals surface area contributed by atoms with Crippen molar-refractivity contribution in [1.29, 1.82) is 0 Å². The van der Waals surface area contributed by atoms with Gasteiger partial charge < -0.3 is 14.5 Å². The fourth-order valence-electron chi connectivity index (χ4n) is 2.57. The molecule has 3 rings (SSSR count). The Hall–Kier alpha value is -1.69. The minimum Gasteiger partial charge on any atom is -0.379 e. The second-order valence-electron chi connectivity index (χ2n) is 5.89. The molecule has 0 aromatic carbocycles. The lowest BCUT2D eigenvalue weighted by molar-refractivity contribution is -0.169. The first-order valence-corrected chi connectivity index (χ1v) is 6.99. The van der Waals surface area contributed by atoms with Crippen LogP contribution in [-0.2, 0) is 9.53 Å². The maximum Gasteiger partial charge on any atom is 0.233 e. The van der Waals surface area contributed by atoms with Gasteiger partial charge in [-0.3, -0.25) is 4.79 Å². The van der Waals surface area contributed by atoms with E-state index in [0.29, 0.717) is 13.2 Å². The van der Waals surface area contributed by atoms with Gasteiger partial charge in [-0.2, -0.15) is 0 Å². The van der Waals surface area contributed by atoms with E-state index in [2.05, 4.69) is 14.9 Å². The van der Waals surface area contributed by atoms with Gasteiger partial charge in [0.1, 0.15) is 0 Å². The highest BCUT2D eigenvalue weighted by atomic mass is 16.5. The van der Waals surface area contributed by atoms with E-state index in [-0.39, 0.29) is 11.3 Å². The largest absolute Gasteiger partial charge is 0.379 e. The number of amides is 1. The van der Waals surface area contributed by atoms with E-state index < -0.39 is 0 Å². The number of anilines is 1. The van der Waals surface area contributed by atoms with E-state index in [0.717, 1.165) is 37.7 Å².